The van der Waals surface area contributed by atoms with Gasteiger partial charge >= 0.3 is 0 Å². The van der Waals surface area contributed by atoms with Crippen LogP contribution in [-0.2, 0) is 11.4 Å². The zero-order valence-corrected chi connectivity index (χ0v) is 10.0. The maximum Gasteiger partial charge on any atom is 0.129 e. The van der Waals surface area contributed by atoms with Crippen molar-refractivity contribution in [2.24, 2.45) is 5.16 Å². The van der Waals surface area contributed by atoms with Gasteiger partial charge in [0.1, 0.15) is 18.0 Å². The molecule has 2 aromatic rings. The average molecular weight is 251 g/mol. The molecule has 0 aliphatic heterocycles. The lowest BCUT2D eigenvalue weighted by Gasteiger charge is -2.06. The number of aromatic nitrogens is 3. The number of hydrogen-bond acceptors (Lipinski definition) is 4. The Kier molecular flexibility index (Phi) is 3.72. The largest absolute Gasteiger partial charge is 0.399 e. The number of halogens is 1. The molecule has 0 atom stereocenters. The molecule has 2 heterocycles. The van der Waals surface area contributed by atoms with Crippen LogP contribution in [0, 0.1) is 0 Å². The number of nitrogens with zero attached hydrogens (tertiary/aromatic N) is 4. The summed E-state index contributed by atoms with van der Waals surface area (Å²) < 4.78 is 1.90. The molecule has 2 aromatic heterocycles. The fraction of sp³-hybridized carbons (Fsp3) is 0.182. The fourth-order valence-corrected chi connectivity index (χ4v) is 1.49. The normalized spacial score (nSPS) is 11.5. The summed E-state index contributed by atoms with van der Waals surface area (Å²) in [5.41, 5.74) is 1.62. The number of rotatable bonds is 4. The average Bonchev–Trinajstić information content (AvgIpc) is 2.82. The second-order valence-electron chi connectivity index (χ2n) is 3.33. The third-order valence-corrected chi connectivity index (χ3v) is 2.38. The van der Waals surface area contributed by atoms with E-state index in [4.69, 9.17) is 16.4 Å². The molecule has 0 saturated carbocycles. The smallest absolute Gasteiger partial charge is 0.129 e. The molecule has 0 aromatic carbocycles. The van der Waals surface area contributed by atoms with E-state index < -0.39 is 0 Å². The van der Waals surface area contributed by atoms with Crippen molar-refractivity contribution in [3.05, 3.63) is 47.8 Å². The summed E-state index contributed by atoms with van der Waals surface area (Å²) in [4.78, 5) is 12.8. The minimum atomic E-state index is 0.452. The quantitative estimate of drug-likeness (QED) is 0.474. The highest BCUT2D eigenvalue weighted by Gasteiger charge is 2.06. The van der Waals surface area contributed by atoms with Crippen molar-refractivity contribution < 1.29 is 4.84 Å². The molecule has 6 heteroatoms. The second-order valence-corrected chi connectivity index (χ2v) is 3.71. The number of imidazole rings is 1. The summed E-state index contributed by atoms with van der Waals surface area (Å²) in [7, 11) is 1.51. The Balaban J connectivity index is 2.23. The molecular weight excluding hydrogens is 240 g/mol. The summed E-state index contributed by atoms with van der Waals surface area (Å²) in [5, 5.41) is 4.44. The van der Waals surface area contributed by atoms with E-state index in [0.717, 1.165) is 11.3 Å². The van der Waals surface area contributed by atoms with E-state index in [1.165, 1.54) is 7.11 Å². The first-order valence-corrected chi connectivity index (χ1v) is 5.35. The topological polar surface area (TPSA) is 52.3 Å². The molecule has 0 N–H and O–H groups in total. The molecule has 17 heavy (non-hydrogen) atoms. The van der Waals surface area contributed by atoms with Crippen LogP contribution >= 0.6 is 11.6 Å². The van der Waals surface area contributed by atoms with E-state index in [0.29, 0.717) is 11.7 Å². The molecule has 0 amide bonds. The van der Waals surface area contributed by atoms with Gasteiger partial charge in [-0.2, -0.15) is 0 Å². The SMILES string of the molecule is CO/N=C(\Cn1ccnc1)c1ccc(Cl)nc1. The maximum absolute atomic E-state index is 5.74. The van der Waals surface area contributed by atoms with Crippen LogP contribution in [0.4, 0.5) is 0 Å². The molecule has 5 nitrogen and oxygen atoms in total. The highest BCUT2D eigenvalue weighted by Crippen LogP contribution is 2.08. The van der Waals surface area contributed by atoms with Gasteiger partial charge in [0, 0.05) is 24.2 Å². The van der Waals surface area contributed by atoms with Crippen LogP contribution in [0.25, 0.3) is 0 Å². The first-order valence-electron chi connectivity index (χ1n) is 4.97. The van der Waals surface area contributed by atoms with Crippen molar-refractivity contribution in [3.63, 3.8) is 0 Å². The van der Waals surface area contributed by atoms with E-state index in [9.17, 15) is 0 Å². The third-order valence-electron chi connectivity index (χ3n) is 2.15. The van der Waals surface area contributed by atoms with Crippen LogP contribution < -0.4 is 0 Å². The molecule has 0 aliphatic rings. The highest BCUT2D eigenvalue weighted by molar-refractivity contribution is 6.29. The Hall–Kier alpha value is -1.88. The van der Waals surface area contributed by atoms with Crippen molar-refractivity contribution in [1.82, 2.24) is 14.5 Å². The Morgan fingerprint density at radius 3 is 3.00 bits per heavy atom. The molecule has 0 spiro atoms. The first-order chi connectivity index (χ1) is 8.29. The first kappa shape index (κ1) is 11.6. The lowest BCUT2D eigenvalue weighted by Crippen LogP contribution is -2.11. The standard InChI is InChI=1S/C11H11ClN4O/c1-17-15-10(7-16-5-4-13-8-16)9-2-3-11(12)14-6-9/h2-6,8H,7H2,1H3/b15-10+. The van der Waals surface area contributed by atoms with Gasteiger partial charge in [0.15, 0.2) is 0 Å². The van der Waals surface area contributed by atoms with Crippen LogP contribution in [0.3, 0.4) is 0 Å². The summed E-state index contributed by atoms with van der Waals surface area (Å²) in [6, 6.07) is 3.57. The summed E-state index contributed by atoms with van der Waals surface area (Å²) >= 11 is 5.74. The number of oxime groups is 1. The Labute approximate surface area is 104 Å². The van der Waals surface area contributed by atoms with Crippen LogP contribution in [-0.4, -0.2) is 27.4 Å². The van der Waals surface area contributed by atoms with Gasteiger partial charge in [-0.05, 0) is 12.1 Å². The van der Waals surface area contributed by atoms with Gasteiger partial charge in [-0.3, -0.25) is 0 Å². The third kappa shape index (κ3) is 3.04. The molecule has 88 valence electrons. The summed E-state index contributed by atoms with van der Waals surface area (Å²) in [5.74, 6) is 0. The maximum atomic E-state index is 5.74. The van der Waals surface area contributed by atoms with Gasteiger partial charge in [0.25, 0.3) is 0 Å². The second kappa shape index (κ2) is 5.45. The van der Waals surface area contributed by atoms with Crippen molar-refractivity contribution in [2.75, 3.05) is 7.11 Å². The fourth-order valence-electron chi connectivity index (χ4n) is 1.38. The highest BCUT2D eigenvalue weighted by atomic mass is 35.5. The predicted molar refractivity (Wildman–Crippen MR) is 65.0 cm³/mol. The Bertz CT molecular complexity index is 493. The van der Waals surface area contributed by atoms with E-state index in [1.807, 2.05) is 16.8 Å². The predicted octanol–water partition coefficient (Wildman–Crippen LogP) is 1.98. The lowest BCUT2D eigenvalue weighted by atomic mass is 10.2. The van der Waals surface area contributed by atoms with Gasteiger partial charge in [-0.1, -0.05) is 16.8 Å². The van der Waals surface area contributed by atoms with Crippen molar-refractivity contribution >= 4 is 17.3 Å². The van der Waals surface area contributed by atoms with Crippen LogP contribution in [0.15, 0.2) is 42.2 Å². The molecule has 0 aliphatic carbocycles. The van der Waals surface area contributed by atoms with Crippen molar-refractivity contribution in [2.45, 2.75) is 6.54 Å². The van der Waals surface area contributed by atoms with E-state index in [1.54, 1.807) is 24.8 Å². The molecule has 0 saturated heterocycles. The minimum absolute atomic E-state index is 0.452. The van der Waals surface area contributed by atoms with Gasteiger partial charge < -0.3 is 9.40 Å². The van der Waals surface area contributed by atoms with Crippen LogP contribution in [0.1, 0.15) is 5.56 Å². The molecule has 0 fully saturated rings. The zero-order chi connectivity index (χ0) is 12.1. The van der Waals surface area contributed by atoms with Gasteiger partial charge in [0.05, 0.1) is 12.9 Å². The molecule has 0 radical (unpaired) electrons. The lowest BCUT2D eigenvalue weighted by molar-refractivity contribution is 0.212. The Morgan fingerprint density at radius 2 is 2.41 bits per heavy atom. The monoisotopic (exact) mass is 250 g/mol. The van der Waals surface area contributed by atoms with Gasteiger partial charge in [-0.15, -0.1) is 0 Å². The number of pyridine rings is 1. The van der Waals surface area contributed by atoms with E-state index in [2.05, 4.69) is 15.1 Å². The van der Waals surface area contributed by atoms with Crippen LogP contribution in [0.2, 0.25) is 5.15 Å². The van der Waals surface area contributed by atoms with E-state index in [-0.39, 0.29) is 0 Å². The molecule has 0 unspecified atom stereocenters. The molecular formula is C11H11ClN4O. The zero-order valence-electron chi connectivity index (χ0n) is 9.25. The Morgan fingerprint density at radius 1 is 1.53 bits per heavy atom. The van der Waals surface area contributed by atoms with Gasteiger partial charge in [0.2, 0.25) is 0 Å². The molecule has 2 rings (SSSR count). The molecule has 0 bridgehead atoms. The van der Waals surface area contributed by atoms with Crippen molar-refractivity contribution in [3.8, 4) is 0 Å². The number of hydrogen-bond donors (Lipinski definition) is 0. The van der Waals surface area contributed by atoms with E-state index >= 15 is 0 Å². The van der Waals surface area contributed by atoms with Gasteiger partial charge in [-0.25, -0.2) is 9.97 Å². The minimum Gasteiger partial charge on any atom is -0.399 e. The van der Waals surface area contributed by atoms with Crippen LogP contribution in [0.5, 0.6) is 0 Å². The summed E-state index contributed by atoms with van der Waals surface area (Å²) in [6.07, 6.45) is 6.95. The van der Waals surface area contributed by atoms with Crippen molar-refractivity contribution in [1.29, 1.82) is 0 Å². The summed E-state index contributed by atoms with van der Waals surface area (Å²) in [6.45, 7) is 0.567.